The first-order chi connectivity index (χ1) is 8.43. The molecule has 5 heteroatoms. The molecule has 1 rings (SSSR count). The maximum atomic E-state index is 11.9. The Morgan fingerprint density at radius 2 is 2.17 bits per heavy atom. The monoisotopic (exact) mass is 311 g/mol. The van der Waals surface area contributed by atoms with Gasteiger partial charge in [-0.2, -0.15) is 0 Å². The minimum Gasteiger partial charge on any atom is -0.480 e. The Hall–Kier alpha value is -1.62. The van der Waals surface area contributed by atoms with E-state index in [1.807, 2.05) is 13.0 Å². The van der Waals surface area contributed by atoms with Gasteiger partial charge in [0.05, 0.1) is 0 Å². The number of hydrogen-bond donors (Lipinski definition) is 2. The molecule has 0 aliphatic rings. The van der Waals surface area contributed by atoms with Crippen molar-refractivity contribution in [1.29, 1.82) is 0 Å². The predicted molar refractivity (Wildman–Crippen MR) is 72.6 cm³/mol. The number of benzene rings is 1. The van der Waals surface area contributed by atoms with E-state index in [1.54, 1.807) is 12.1 Å². The first kappa shape index (κ1) is 14.4. The highest BCUT2D eigenvalue weighted by Gasteiger charge is 2.19. The number of amides is 1. The van der Waals surface area contributed by atoms with Gasteiger partial charge in [0.15, 0.2) is 0 Å². The molecule has 0 aromatic heterocycles. The largest absolute Gasteiger partial charge is 0.480 e. The first-order valence-electron chi connectivity index (χ1n) is 5.35. The Morgan fingerprint density at radius 1 is 1.50 bits per heavy atom. The van der Waals surface area contributed by atoms with Crippen molar-refractivity contribution in [1.82, 2.24) is 5.32 Å². The molecule has 0 fully saturated rings. The zero-order valence-corrected chi connectivity index (χ0v) is 11.5. The fourth-order valence-electron chi connectivity index (χ4n) is 1.50. The smallest absolute Gasteiger partial charge is 0.326 e. The van der Waals surface area contributed by atoms with E-state index in [4.69, 9.17) is 5.11 Å². The molecule has 0 radical (unpaired) electrons. The van der Waals surface area contributed by atoms with Crippen molar-refractivity contribution in [2.24, 2.45) is 0 Å². The molecule has 1 aromatic rings. The Kier molecular flexibility index (Phi) is 5.09. The van der Waals surface area contributed by atoms with Crippen LogP contribution in [0.2, 0.25) is 0 Å². The van der Waals surface area contributed by atoms with Gasteiger partial charge in [-0.1, -0.05) is 22.0 Å². The molecule has 96 valence electrons. The average molecular weight is 312 g/mol. The fraction of sp³-hybridized carbons (Fsp3) is 0.231. The van der Waals surface area contributed by atoms with Gasteiger partial charge in [0, 0.05) is 10.0 Å². The molecule has 0 saturated carbocycles. The predicted octanol–water partition coefficient (Wildman–Crippen LogP) is 2.52. The van der Waals surface area contributed by atoms with E-state index >= 15 is 0 Å². The highest BCUT2D eigenvalue weighted by molar-refractivity contribution is 9.10. The van der Waals surface area contributed by atoms with Crippen molar-refractivity contribution in [3.05, 3.63) is 46.5 Å². The number of aryl methyl sites for hydroxylation is 1. The van der Waals surface area contributed by atoms with Crippen LogP contribution in [-0.2, 0) is 4.79 Å². The molecule has 18 heavy (non-hydrogen) atoms. The van der Waals surface area contributed by atoms with Crippen LogP contribution in [0, 0.1) is 6.92 Å². The molecule has 0 bridgehead atoms. The molecule has 0 heterocycles. The summed E-state index contributed by atoms with van der Waals surface area (Å²) in [6.07, 6.45) is 1.65. The topological polar surface area (TPSA) is 66.4 Å². The number of hydrogen-bond acceptors (Lipinski definition) is 2. The van der Waals surface area contributed by atoms with E-state index in [9.17, 15) is 9.59 Å². The summed E-state index contributed by atoms with van der Waals surface area (Å²) in [7, 11) is 0. The van der Waals surface area contributed by atoms with E-state index in [0.717, 1.165) is 10.0 Å². The maximum absolute atomic E-state index is 11.9. The molecule has 1 unspecified atom stereocenters. The van der Waals surface area contributed by atoms with Gasteiger partial charge in [-0.05, 0) is 37.1 Å². The molecule has 0 saturated heterocycles. The number of carboxylic acid groups (broad SMARTS) is 1. The quantitative estimate of drug-likeness (QED) is 0.821. The summed E-state index contributed by atoms with van der Waals surface area (Å²) in [5.74, 6) is -1.48. The van der Waals surface area contributed by atoms with Gasteiger partial charge in [-0.15, -0.1) is 6.58 Å². The van der Waals surface area contributed by atoms with Crippen LogP contribution in [0.5, 0.6) is 0 Å². The Morgan fingerprint density at radius 3 is 2.67 bits per heavy atom. The number of aliphatic carboxylic acids is 1. The molecule has 1 atom stereocenters. The number of nitrogens with one attached hydrogen (secondary N) is 1. The lowest BCUT2D eigenvalue weighted by molar-refractivity contribution is -0.139. The van der Waals surface area contributed by atoms with E-state index in [-0.39, 0.29) is 6.42 Å². The van der Waals surface area contributed by atoms with Gasteiger partial charge in [-0.25, -0.2) is 4.79 Å². The lowest BCUT2D eigenvalue weighted by Crippen LogP contribution is -2.40. The average Bonchev–Trinajstić information content (AvgIpc) is 2.26. The Balaban J connectivity index is 2.86. The first-order valence-corrected chi connectivity index (χ1v) is 6.15. The second-order valence-corrected chi connectivity index (χ2v) is 4.82. The molecule has 0 aliphatic heterocycles. The van der Waals surface area contributed by atoms with Crippen LogP contribution in [0.4, 0.5) is 0 Å². The lowest BCUT2D eigenvalue weighted by Gasteiger charge is -2.13. The van der Waals surface area contributed by atoms with Crippen LogP contribution in [0.3, 0.4) is 0 Å². The van der Waals surface area contributed by atoms with Crippen molar-refractivity contribution >= 4 is 27.8 Å². The van der Waals surface area contributed by atoms with E-state index in [2.05, 4.69) is 27.8 Å². The third kappa shape index (κ3) is 4.00. The fourth-order valence-corrected chi connectivity index (χ4v) is 2.10. The summed E-state index contributed by atoms with van der Waals surface area (Å²) >= 11 is 3.29. The summed E-state index contributed by atoms with van der Waals surface area (Å²) < 4.78 is 0.781. The summed E-state index contributed by atoms with van der Waals surface area (Å²) in [6, 6.07) is 4.27. The third-order valence-corrected chi connectivity index (χ3v) is 2.77. The number of carboxylic acids is 1. The molecule has 2 N–H and O–H groups in total. The van der Waals surface area contributed by atoms with Crippen molar-refractivity contribution in [2.45, 2.75) is 19.4 Å². The van der Waals surface area contributed by atoms with Crippen molar-refractivity contribution in [3.63, 3.8) is 0 Å². The molecular weight excluding hydrogens is 298 g/mol. The van der Waals surface area contributed by atoms with Crippen molar-refractivity contribution in [2.75, 3.05) is 0 Å². The number of rotatable bonds is 5. The molecule has 1 aromatic carbocycles. The zero-order valence-electron chi connectivity index (χ0n) is 9.94. The minimum atomic E-state index is -1.07. The second-order valence-electron chi connectivity index (χ2n) is 3.91. The highest BCUT2D eigenvalue weighted by atomic mass is 79.9. The third-order valence-electron chi connectivity index (χ3n) is 2.31. The van der Waals surface area contributed by atoms with E-state index < -0.39 is 17.9 Å². The summed E-state index contributed by atoms with van der Waals surface area (Å²) in [5, 5.41) is 11.4. The van der Waals surface area contributed by atoms with Crippen LogP contribution in [-0.4, -0.2) is 23.0 Å². The van der Waals surface area contributed by atoms with E-state index in [0.29, 0.717) is 5.56 Å². The normalized spacial score (nSPS) is 11.7. The van der Waals surface area contributed by atoms with Crippen molar-refractivity contribution in [3.8, 4) is 0 Å². The number of halogens is 1. The molecule has 4 nitrogen and oxygen atoms in total. The second kappa shape index (κ2) is 6.35. The SMILES string of the molecule is C=CCC(NC(=O)c1cc(C)cc(Br)c1)C(=O)O. The number of carbonyl (C=O) groups is 2. The summed E-state index contributed by atoms with van der Waals surface area (Å²) in [4.78, 5) is 22.8. The highest BCUT2D eigenvalue weighted by Crippen LogP contribution is 2.15. The van der Waals surface area contributed by atoms with Crippen LogP contribution >= 0.6 is 15.9 Å². The standard InChI is InChI=1S/C13H14BrNO3/c1-3-4-11(13(17)18)15-12(16)9-5-8(2)6-10(14)7-9/h3,5-7,11H,1,4H2,2H3,(H,15,16)(H,17,18). The summed E-state index contributed by atoms with van der Waals surface area (Å²) in [6.45, 7) is 5.33. The van der Waals surface area contributed by atoms with Crippen LogP contribution in [0.1, 0.15) is 22.3 Å². The number of carbonyl (C=O) groups excluding carboxylic acids is 1. The maximum Gasteiger partial charge on any atom is 0.326 e. The lowest BCUT2D eigenvalue weighted by atomic mass is 10.1. The van der Waals surface area contributed by atoms with Crippen LogP contribution in [0.15, 0.2) is 35.3 Å². The molecular formula is C13H14BrNO3. The van der Waals surface area contributed by atoms with Crippen molar-refractivity contribution < 1.29 is 14.7 Å². The zero-order chi connectivity index (χ0) is 13.7. The van der Waals surface area contributed by atoms with Gasteiger partial charge >= 0.3 is 5.97 Å². The molecule has 0 spiro atoms. The van der Waals surface area contributed by atoms with Gasteiger partial charge in [0.1, 0.15) is 6.04 Å². The minimum absolute atomic E-state index is 0.189. The summed E-state index contributed by atoms with van der Waals surface area (Å²) in [5.41, 5.74) is 1.35. The molecule has 0 aliphatic carbocycles. The van der Waals surface area contributed by atoms with Crippen LogP contribution in [0.25, 0.3) is 0 Å². The van der Waals surface area contributed by atoms with Gasteiger partial charge in [0.25, 0.3) is 5.91 Å². The van der Waals surface area contributed by atoms with Crippen LogP contribution < -0.4 is 5.32 Å². The van der Waals surface area contributed by atoms with Gasteiger partial charge in [-0.3, -0.25) is 4.79 Å². The Bertz CT molecular complexity index is 465. The van der Waals surface area contributed by atoms with Gasteiger partial charge < -0.3 is 10.4 Å². The van der Waals surface area contributed by atoms with E-state index in [1.165, 1.54) is 6.08 Å². The van der Waals surface area contributed by atoms with Gasteiger partial charge in [0.2, 0.25) is 0 Å². The Labute approximate surface area is 114 Å². The molecule has 1 amide bonds.